The lowest BCUT2D eigenvalue weighted by molar-refractivity contribution is -0.143. The fourth-order valence-electron chi connectivity index (χ4n) is 3.52. The smallest absolute Gasteiger partial charge is 0.345 e. The maximum absolute atomic E-state index is 12.9. The van der Waals surface area contributed by atoms with Gasteiger partial charge < -0.3 is 28.4 Å². The number of aryl methyl sites for hydroxylation is 1. The third kappa shape index (κ3) is 6.03. The Morgan fingerprint density at radius 2 is 1.49 bits per heavy atom. The van der Waals surface area contributed by atoms with Crippen molar-refractivity contribution < 1.29 is 38.0 Å². The monoisotopic (exact) mass is 478 g/mol. The van der Waals surface area contributed by atoms with Gasteiger partial charge in [-0.2, -0.15) is 0 Å². The van der Waals surface area contributed by atoms with E-state index in [1.54, 1.807) is 56.3 Å². The van der Waals surface area contributed by atoms with Crippen molar-refractivity contribution in [3.05, 3.63) is 71.8 Å². The number of hydrogen-bond donors (Lipinski definition) is 0. The van der Waals surface area contributed by atoms with E-state index in [1.165, 1.54) is 0 Å². The number of carbonyl (C=O) groups is 2. The van der Waals surface area contributed by atoms with E-state index in [2.05, 4.69) is 0 Å². The molecule has 4 rings (SSSR count). The quantitative estimate of drug-likeness (QED) is 0.344. The van der Waals surface area contributed by atoms with E-state index >= 15 is 0 Å². The molecule has 0 amide bonds. The second-order valence-corrected chi connectivity index (χ2v) is 7.52. The van der Waals surface area contributed by atoms with Crippen LogP contribution in [0.15, 0.2) is 60.7 Å². The summed E-state index contributed by atoms with van der Waals surface area (Å²) >= 11 is 0. The van der Waals surface area contributed by atoms with Crippen molar-refractivity contribution >= 4 is 11.9 Å². The zero-order valence-electron chi connectivity index (χ0n) is 19.6. The first kappa shape index (κ1) is 23.9. The molecule has 0 unspecified atom stereocenters. The molecule has 0 atom stereocenters. The first-order chi connectivity index (χ1) is 17.1. The molecule has 0 saturated carbocycles. The molecular weight excluding hydrogens is 452 g/mol. The molecule has 1 aliphatic heterocycles. The molecule has 0 fully saturated rings. The third-order valence-corrected chi connectivity index (χ3v) is 5.09. The lowest BCUT2D eigenvalue weighted by Gasteiger charge is -2.15. The molecule has 8 heteroatoms. The molecule has 182 valence electrons. The Morgan fingerprint density at radius 3 is 2.23 bits per heavy atom. The summed E-state index contributed by atoms with van der Waals surface area (Å²) in [4.78, 5) is 24.6. The Hall–Kier alpha value is -4.20. The molecule has 0 saturated heterocycles. The van der Waals surface area contributed by atoms with Crippen LogP contribution in [-0.4, -0.2) is 31.9 Å². The topological polar surface area (TPSA) is 89.5 Å². The Balaban J connectivity index is 1.58. The largest absolute Gasteiger partial charge is 0.466 e. The molecule has 3 aromatic carbocycles. The van der Waals surface area contributed by atoms with Crippen LogP contribution in [0.3, 0.4) is 0 Å². The Bertz CT molecular complexity index is 1200. The summed E-state index contributed by atoms with van der Waals surface area (Å²) in [6, 6.07) is 17.5. The van der Waals surface area contributed by atoms with Crippen molar-refractivity contribution in [2.75, 3.05) is 20.0 Å². The molecular formula is C27H26O8. The van der Waals surface area contributed by atoms with Gasteiger partial charge in [0.1, 0.15) is 28.6 Å². The van der Waals surface area contributed by atoms with Gasteiger partial charge in [-0.05, 0) is 62.2 Å². The van der Waals surface area contributed by atoms with Crippen LogP contribution in [0.1, 0.15) is 36.2 Å². The molecule has 0 radical (unpaired) electrons. The average Bonchev–Trinajstić information content (AvgIpc) is 3.31. The standard InChI is InChI=1S/C27H26O8/c1-3-30-25(28)14-11-18-7-5-8-19(15-18)34-22-9-6-10-23(26(22)27(29)31-4-2)35-20-12-13-21-24(16-20)33-17-32-21/h5-10,12-13,15-16H,3-4,11,14,17H2,1-2H3. The molecule has 8 nitrogen and oxygen atoms in total. The minimum absolute atomic E-state index is 0.148. The summed E-state index contributed by atoms with van der Waals surface area (Å²) < 4.78 is 33.1. The molecule has 0 N–H and O–H groups in total. The average molecular weight is 478 g/mol. The normalized spacial score (nSPS) is 11.6. The number of fused-ring (bicyclic) bond motifs is 1. The molecule has 1 heterocycles. The summed E-state index contributed by atoms with van der Waals surface area (Å²) in [5, 5.41) is 0. The van der Waals surface area contributed by atoms with Crippen LogP contribution in [0.25, 0.3) is 0 Å². The maximum Gasteiger partial charge on any atom is 0.345 e. The summed E-state index contributed by atoms with van der Waals surface area (Å²) in [6.07, 6.45) is 0.776. The molecule has 1 aliphatic rings. The van der Waals surface area contributed by atoms with E-state index in [0.29, 0.717) is 36.0 Å². The summed E-state index contributed by atoms with van der Waals surface area (Å²) in [7, 11) is 0. The van der Waals surface area contributed by atoms with Crippen LogP contribution >= 0.6 is 0 Å². The molecule has 3 aromatic rings. The highest BCUT2D eigenvalue weighted by Gasteiger charge is 2.22. The summed E-state index contributed by atoms with van der Waals surface area (Å²) in [6.45, 7) is 4.20. The van der Waals surface area contributed by atoms with Crippen LogP contribution in [0, 0.1) is 0 Å². The van der Waals surface area contributed by atoms with Crippen molar-refractivity contribution in [1.82, 2.24) is 0 Å². The van der Waals surface area contributed by atoms with E-state index in [0.717, 1.165) is 5.56 Å². The Kier molecular flexibility index (Phi) is 7.72. The van der Waals surface area contributed by atoms with Crippen molar-refractivity contribution in [2.45, 2.75) is 26.7 Å². The van der Waals surface area contributed by atoms with E-state index in [4.69, 9.17) is 28.4 Å². The maximum atomic E-state index is 12.9. The molecule has 0 aliphatic carbocycles. The number of carbonyl (C=O) groups excluding carboxylic acids is 2. The van der Waals surface area contributed by atoms with Gasteiger partial charge in [0.2, 0.25) is 6.79 Å². The van der Waals surface area contributed by atoms with Crippen LogP contribution in [0.2, 0.25) is 0 Å². The number of hydrogen-bond acceptors (Lipinski definition) is 8. The van der Waals surface area contributed by atoms with E-state index in [-0.39, 0.29) is 42.9 Å². The van der Waals surface area contributed by atoms with Gasteiger partial charge in [0.05, 0.1) is 13.2 Å². The van der Waals surface area contributed by atoms with Gasteiger partial charge in [-0.15, -0.1) is 0 Å². The predicted octanol–water partition coefficient (Wildman–Crippen LogP) is 5.67. The second-order valence-electron chi connectivity index (χ2n) is 7.52. The number of rotatable bonds is 10. The van der Waals surface area contributed by atoms with Crippen molar-refractivity contribution in [2.24, 2.45) is 0 Å². The zero-order valence-corrected chi connectivity index (χ0v) is 19.6. The fraction of sp³-hybridized carbons (Fsp3) is 0.259. The Labute approximate surface area is 203 Å². The number of ether oxygens (including phenoxy) is 6. The first-order valence-corrected chi connectivity index (χ1v) is 11.4. The van der Waals surface area contributed by atoms with Crippen molar-refractivity contribution in [3.63, 3.8) is 0 Å². The highest BCUT2D eigenvalue weighted by Crippen LogP contribution is 2.39. The zero-order chi connectivity index (χ0) is 24.6. The van der Waals surface area contributed by atoms with E-state index in [9.17, 15) is 9.59 Å². The molecule has 0 bridgehead atoms. The van der Waals surface area contributed by atoms with Crippen LogP contribution in [-0.2, 0) is 20.7 Å². The second kappa shape index (κ2) is 11.3. The third-order valence-electron chi connectivity index (χ3n) is 5.09. The van der Waals surface area contributed by atoms with Gasteiger partial charge in [-0.1, -0.05) is 18.2 Å². The van der Waals surface area contributed by atoms with E-state index in [1.807, 2.05) is 18.2 Å². The van der Waals surface area contributed by atoms with Crippen LogP contribution < -0.4 is 18.9 Å². The highest BCUT2D eigenvalue weighted by atomic mass is 16.7. The Morgan fingerprint density at radius 1 is 0.800 bits per heavy atom. The van der Waals surface area contributed by atoms with Gasteiger partial charge in [-0.3, -0.25) is 4.79 Å². The lowest BCUT2D eigenvalue weighted by Crippen LogP contribution is -2.08. The summed E-state index contributed by atoms with van der Waals surface area (Å²) in [5.41, 5.74) is 1.06. The minimum atomic E-state index is -0.572. The molecule has 35 heavy (non-hydrogen) atoms. The van der Waals surface area contributed by atoms with Crippen molar-refractivity contribution in [3.8, 4) is 34.5 Å². The number of benzene rings is 3. The first-order valence-electron chi connectivity index (χ1n) is 11.4. The van der Waals surface area contributed by atoms with Gasteiger partial charge >= 0.3 is 11.9 Å². The minimum Gasteiger partial charge on any atom is -0.466 e. The predicted molar refractivity (Wildman–Crippen MR) is 127 cm³/mol. The summed E-state index contributed by atoms with van der Waals surface area (Å²) in [5.74, 6) is 1.90. The van der Waals surface area contributed by atoms with Crippen molar-refractivity contribution in [1.29, 1.82) is 0 Å². The highest BCUT2D eigenvalue weighted by molar-refractivity contribution is 5.96. The SMILES string of the molecule is CCOC(=O)CCc1cccc(Oc2cccc(Oc3ccc4c(c3)OCO4)c2C(=O)OCC)c1. The van der Waals surface area contributed by atoms with Gasteiger partial charge in [0.15, 0.2) is 11.5 Å². The van der Waals surface area contributed by atoms with E-state index < -0.39 is 5.97 Å². The molecule has 0 aromatic heterocycles. The fourth-order valence-corrected chi connectivity index (χ4v) is 3.52. The van der Waals surface area contributed by atoms with Gasteiger partial charge in [0, 0.05) is 12.5 Å². The van der Waals surface area contributed by atoms with Crippen LogP contribution in [0.5, 0.6) is 34.5 Å². The van der Waals surface area contributed by atoms with Crippen LogP contribution in [0.4, 0.5) is 0 Å². The van der Waals surface area contributed by atoms with Gasteiger partial charge in [0.25, 0.3) is 0 Å². The number of esters is 2. The lowest BCUT2D eigenvalue weighted by atomic mass is 10.1. The van der Waals surface area contributed by atoms with Gasteiger partial charge in [-0.25, -0.2) is 4.79 Å². The molecule has 0 spiro atoms.